The molecule has 0 bridgehead atoms. The molecular formula is C10H13ClF3N3O. The monoisotopic (exact) mass is 283 g/mol. The second kappa shape index (κ2) is 6.75. The van der Waals surface area contributed by atoms with Gasteiger partial charge in [0.15, 0.2) is 5.69 Å². The van der Waals surface area contributed by atoms with E-state index in [1.807, 2.05) is 0 Å². The Labute approximate surface area is 107 Å². The zero-order valence-corrected chi connectivity index (χ0v) is 10.4. The van der Waals surface area contributed by atoms with E-state index in [0.717, 1.165) is 6.07 Å². The minimum absolute atomic E-state index is 0.112. The first-order valence-corrected chi connectivity index (χ1v) is 5.73. The predicted molar refractivity (Wildman–Crippen MR) is 61.7 cm³/mol. The first kappa shape index (κ1) is 15.0. The third kappa shape index (κ3) is 4.66. The molecule has 18 heavy (non-hydrogen) atoms. The number of rotatable bonds is 6. The van der Waals surface area contributed by atoms with E-state index in [9.17, 15) is 13.2 Å². The van der Waals surface area contributed by atoms with Crippen LogP contribution in [-0.4, -0.2) is 35.8 Å². The number of halogens is 4. The summed E-state index contributed by atoms with van der Waals surface area (Å²) in [7, 11) is 1.53. The van der Waals surface area contributed by atoms with Gasteiger partial charge in [0.25, 0.3) is 0 Å². The summed E-state index contributed by atoms with van der Waals surface area (Å²) in [6.45, 7) is 0.384. The molecule has 1 N–H and O–H groups in total. The molecule has 1 heterocycles. The lowest BCUT2D eigenvalue weighted by Gasteiger charge is -2.17. The highest BCUT2D eigenvalue weighted by Crippen LogP contribution is 2.27. The van der Waals surface area contributed by atoms with Crippen LogP contribution in [0.4, 0.5) is 19.0 Å². The van der Waals surface area contributed by atoms with Gasteiger partial charge in [-0.25, -0.2) is 0 Å². The van der Waals surface area contributed by atoms with Crippen molar-refractivity contribution in [3.05, 3.63) is 17.8 Å². The van der Waals surface area contributed by atoms with Crippen molar-refractivity contribution in [2.75, 3.05) is 24.9 Å². The van der Waals surface area contributed by atoms with Gasteiger partial charge in [-0.1, -0.05) is 0 Å². The van der Waals surface area contributed by atoms with Gasteiger partial charge in [0.2, 0.25) is 0 Å². The third-order valence-corrected chi connectivity index (χ3v) is 2.35. The average Bonchev–Trinajstić information content (AvgIpc) is 2.29. The Morgan fingerprint density at radius 1 is 1.39 bits per heavy atom. The van der Waals surface area contributed by atoms with Crippen molar-refractivity contribution in [2.45, 2.75) is 18.6 Å². The normalized spacial score (nSPS) is 13.4. The fourth-order valence-electron chi connectivity index (χ4n) is 1.30. The van der Waals surface area contributed by atoms with Gasteiger partial charge < -0.3 is 10.1 Å². The second-order valence-corrected chi connectivity index (χ2v) is 3.95. The SMILES string of the molecule is COCC(CCCl)Nc1ccc(C(F)(F)F)nn1. The van der Waals surface area contributed by atoms with Crippen LogP contribution in [0.1, 0.15) is 12.1 Å². The van der Waals surface area contributed by atoms with Crippen LogP contribution in [0.15, 0.2) is 12.1 Å². The number of hydrogen-bond donors (Lipinski definition) is 1. The third-order valence-electron chi connectivity index (χ3n) is 2.13. The number of nitrogens with one attached hydrogen (secondary N) is 1. The predicted octanol–water partition coefficient (Wildman–Crippen LogP) is 2.55. The van der Waals surface area contributed by atoms with E-state index in [4.69, 9.17) is 16.3 Å². The lowest BCUT2D eigenvalue weighted by molar-refractivity contribution is -0.141. The van der Waals surface area contributed by atoms with Crippen molar-refractivity contribution in [3.63, 3.8) is 0 Å². The summed E-state index contributed by atoms with van der Waals surface area (Å²) in [4.78, 5) is 0. The van der Waals surface area contributed by atoms with Crippen LogP contribution in [-0.2, 0) is 10.9 Å². The van der Waals surface area contributed by atoms with E-state index in [0.29, 0.717) is 18.9 Å². The fourth-order valence-corrected chi connectivity index (χ4v) is 1.56. The summed E-state index contributed by atoms with van der Waals surface area (Å²) >= 11 is 5.60. The number of methoxy groups -OCH3 is 1. The van der Waals surface area contributed by atoms with Crippen molar-refractivity contribution in [2.24, 2.45) is 0 Å². The van der Waals surface area contributed by atoms with Gasteiger partial charge in [0, 0.05) is 13.0 Å². The molecule has 0 spiro atoms. The lowest BCUT2D eigenvalue weighted by Crippen LogP contribution is -2.26. The highest BCUT2D eigenvalue weighted by molar-refractivity contribution is 6.17. The van der Waals surface area contributed by atoms with Crippen molar-refractivity contribution in [1.82, 2.24) is 10.2 Å². The highest BCUT2D eigenvalue weighted by Gasteiger charge is 2.32. The molecule has 0 saturated heterocycles. The number of alkyl halides is 4. The molecule has 0 aliphatic carbocycles. The van der Waals surface area contributed by atoms with Gasteiger partial charge >= 0.3 is 6.18 Å². The number of hydrogen-bond acceptors (Lipinski definition) is 4. The molecule has 0 radical (unpaired) electrons. The number of aromatic nitrogens is 2. The fraction of sp³-hybridized carbons (Fsp3) is 0.600. The Morgan fingerprint density at radius 2 is 2.11 bits per heavy atom. The summed E-state index contributed by atoms with van der Waals surface area (Å²) < 4.78 is 41.7. The smallest absolute Gasteiger partial charge is 0.383 e. The topological polar surface area (TPSA) is 47.0 Å². The largest absolute Gasteiger partial charge is 0.435 e. The molecule has 1 aromatic heterocycles. The van der Waals surface area contributed by atoms with Gasteiger partial charge in [-0.15, -0.1) is 21.8 Å². The molecule has 0 amide bonds. The zero-order chi connectivity index (χ0) is 13.6. The quantitative estimate of drug-likeness (QED) is 0.815. The van der Waals surface area contributed by atoms with E-state index >= 15 is 0 Å². The van der Waals surface area contributed by atoms with E-state index in [-0.39, 0.29) is 11.9 Å². The molecule has 102 valence electrons. The maximum atomic E-state index is 12.3. The summed E-state index contributed by atoms with van der Waals surface area (Å²) in [5.41, 5.74) is -1.02. The Kier molecular flexibility index (Phi) is 5.61. The Bertz CT molecular complexity index is 352. The van der Waals surface area contributed by atoms with Gasteiger partial charge in [0.05, 0.1) is 12.6 Å². The van der Waals surface area contributed by atoms with Crippen LogP contribution in [0.5, 0.6) is 0 Å². The number of nitrogens with zero attached hydrogens (tertiary/aromatic N) is 2. The minimum atomic E-state index is -4.48. The van der Waals surface area contributed by atoms with Crippen molar-refractivity contribution in [1.29, 1.82) is 0 Å². The van der Waals surface area contributed by atoms with Crippen molar-refractivity contribution < 1.29 is 17.9 Å². The van der Waals surface area contributed by atoms with Gasteiger partial charge in [-0.05, 0) is 18.6 Å². The number of ether oxygens (including phenoxy) is 1. The van der Waals surface area contributed by atoms with E-state index in [2.05, 4.69) is 15.5 Å². The van der Waals surface area contributed by atoms with Gasteiger partial charge in [-0.3, -0.25) is 0 Å². The molecule has 0 aliphatic rings. The zero-order valence-electron chi connectivity index (χ0n) is 9.67. The van der Waals surface area contributed by atoms with E-state index in [1.165, 1.54) is 13.2 Å². The highest BCUT2D eigenvalue weighted by atomic mass is 35.5. The molecule has 1 aromatic rings. The summed E-state index contributed by atoms with van der Waals surface area (Å²) in [6, 6.07) is 1.99. The molecule has 0 saturated carbocycles. The Morgan fingerprint density at radius 3 is 2.56 bits per heavy atom. The molecule has 4 nitrogen and oxygen atoms in total. The molecule has 0 aliphatic heterocycles. The number of anilines is 1. The molecule has 1 unspecified atom stereocenters. The summed E-state index contributed by atoms with van der Waals surface area (Å²) in [6.07, 6.45) is -3.87. The first-order chi connectivity index (χ1) is 8.47. The van der Waals surface area contributed by atoms with Crippen LogP contribution in [0.2, 0.25) is 0 Å². The van der Waals surface area contributed by atoms with Gasteiger partial charge in [0.1, 0.15) is 5.82 Å². The first-order valence-electron chi connectivity index (χ1n) is 5.19. The van der Waals surface area contributed by atoms with Crippen LogP contribution in [0.3, 0.4) is 0 Å². The molecule has 8 heteroatoms. The summed E-state index contributed by atoms with van der Waals surface area (Å²) in [5, 5.41) is 9.49. The van der Waals surface area contributed by atoms with Crippen LogP contribution in [0, 0.1) is 0 Å². The van der Waals surface area contributed by atoms with Crippen LogP contribution >= 0.6 is 11.6 Å². The van der Waals surface area contributed by atoms with Crippen molar-refractivity contribution >= 4 is 17.4 Å². The summed E-state index contributed by atoms with van der Waals surface area (Å²) in [5.74, 6) is 0.671. The molecule has 1 rings (SSSR count). The maximum absolute atomic E-state index is 12.3. The maximum Gasteiger partial charge on any atom is 0.435 e. The van der Waals surface area contributed by atoms with E-state index < -0.39 is 11.9 Å². The van der Waals surface area contributed by atoms with E-state index in [1.54, 1.807) is 0 Å². The van der Waals surface area contributed by atoms with Crippen molar-refractivity contribution in [3.8, 4) is 0 Å². The molecule has 1 atom stereocenters. The Hall–Kier alpha value is -1.08. The van der Waals surface area contributed by atoms with Crippen LogP contribution < -0.4 is 5.32 Å². The molecule has 0 fully saturated rings. The lowest BCUT2D eigenvalue weighted by atomic mass is 10.2. The average molecular weight is 284 g/mol. The van der Waals surface area contributed by atoms with Crippen LogP contribution in [0.25, 0.3) is 0 Å². The minimum Gasteiger partial charge on any atom is -0.383 e. The Balaban J connectivity index is 2.67. The standard InChI is InChI=1S/C10H13ClF3N3O/c1-18-6-7(4-5-11)15-9-3-2-8(16-17-9)10(12,13)14/h2-3,7H,4-6H2,1H3,(H,15,17). The molecular weight excluding hydrogens is 271 g/mol. The van der Waals surface area contributed by atoms with Gasteiger partial charge in [-0.2, -0.15) is 13.2 Å². The second-order valence-electron chi connectivity index (χ2n) is 3.58. The molecule has 0 aromatic carbocycles.